The molecule has 15 heavy (non-hydrogen) atoms. The highest BCUT2D eigenvalue weighted by molar-refractivity contribution is 5.69. The van der Waals surface area contributed by atoms with Gasteiger partial charge in [-0.15, -0.1) is 0 Å². The monoisotopic (exact) mass is 210 g/mol. The molecular weight excluding hydrogens is 196 g/mol. The molecule has 0 unspecified atom stereocenters. The van der Waals surface area contributed by atoms with E-state index in [0.29, 0.717) is 6.61 Å². The van der Waals surface area contributed by atoms with Crippen LogP contribution in [0.25, 0.3) is 0 Å². The van der Waals surface area contributed by atoms with Crippen LogP contribution in [0.1, 0.15) is 0 Å². The van der Waals surface area contributed by atoms with Crippen LogP contribution in [-0.2, 0) is 9.47 Å². The van der Waals surface area contributed by atoms with Gasteiger partial charge < -0.3 is 9.47 Å². The van der Waals surface area contributed by atoms with E-state index in [-0.39, 0.29) is 6.61 Å². The van der Waals surface area contributed by atoms with Crippen molar-refractivity contribution in [3.63, 3.8) is 0 Å². The quantitative estimate of drug-likeness (QED) is 0.569. The van der Waals surface area contributed by atoms with Crippen molar-refractivity contribution in [3.8, 4) is 0 Å². The van der Waals surface area contributed by atoms with E-state index >= 15 is 0 Å². The van der Waals surface area contributed by atoms with Crippen LogP contribution in [0.5, 0.6) is 0 Å². The zero-order valence-electron chi connectivity index (χ0n) is 8.53. The summed E-state index contributed by atoms with van der Waals surface area (Å²) in [7, 11) is 1.55. The number of methoxy groups -OCH3 is 1. The molecule has 0 fully saturated rings. The van der Waals surface area contributed by atoms with Gasteiger partial charge in [0.05, 0.1) is 12.3 Å². The van der Waals surface area contributed by atoms with E-state index in [4.69, 9.17) is 9.47 Å². The summed E-state index contributed by atoms with van der Waals surface area (Å²) in [6.07, 6.45) is -0.532. The van der Waals surface area contributed by atoms with Crippen LogP contribution in [-0.4, -0.2) is 26.4 Å². The Morgan fingerprint density at radius 1 is 1.27 bits per heavy atom. The molecule has 1 aromatic rings. The summed E-state index contributed by atoms with van der Waals surface area (Å²) in [4.78, 5) is 11.0. The molecule has 5 heteroatoms. The number of para-hydroxylation sites is 1. The Labute approximate surface area is 88.3 Å². The van der Waals surface area contributed by atoms with Gasteiger partial charge in [0.15, 0.2) is 0 Å². The lowest BCUT2D eigenvalue weighted by atomic mass is 10.3. The van der Waals surface area contributed by atoms with E-state index in [0.717, 1.165) is 5.69 Å². The number of amides is 1. The fourth-order valence-electron chi connectivity index (χ4n) is 0.898. The Hall–Kier alpha value is -1.75. The van der Waals surface area contributed by atoms with Gasteiger partial charge in [0.2, 0.25) is 0 Å². The van der Waals surface area contributed by atoms with Crippen molar-refractivity contribution in [2.75, 3.05) is 25.7 Å². The second-order valence-electron chi connectivity index (χ2n) is 2.74. The van der Waals surface area contributed by atoms with Crippen molar-refractivity contribution >= 4 is 11.8 Å². The first kappa shape index (κ1) is 11.3. The number of carbonyl (C=O) groups excluding carboxylic acids is 1. The highest BCUT2D eigenvalue weighted by atomic mass is 16.6. The topological polar surface area (TPSA) is 59.6 Å². The Balaban J connectivity index is 2.17. The number of nitrogens with one attached hydrogen (secondary N) is 2. The van der Waals surface area contributed by atoms with Crippen molar-refractivity contribution in [3.05, 3.63) is 30.3 Å². The van der Waals surface area contributed by atoms with Crippen molar-refractivity contribution < 1.29 is 14.3 Å². The highest BCUT2D eigenvalue weighted by Crippen LogP contribution is 2.02. The first-order valence-electron chi connectivity index (χ1n) is 4.55. The maximum absolute atomic E-state index is 11.0. The summed E-state index contributed by atoms with van der Waals surface area (Å²) in [6, 6.07) is 9.27. The zero-order valence-corrected chi connectivity index (χ0v) is 8.53. The number of rotatable bonds is 5. The maximum atomic E-state index is 11.0. The minimum absolute atomic E-state index is 0.235. The van der Waals surface area contributed by atoms with E-state index in [1.54, 1.807) is 7.11 Å². The summed E-state index contributed by atoms with van der Waals surface area (Å²) in [5, 5.41) is 0. The normalized spacial score (nSPS) is 9.40. The Bertz CT molecular complexity index is 290. The average molecular weight is 210 g/mol. The van der Waals surface area contributed by atoms with Gasteiger partial charge in [-0.2, -0.15) is 0 Å². The smallest absolute Gasteiger partial charge is 0.426 e. The van der Waals surface area contributed by atoms with Gasteiger partial charge in [0.1, 0.15) is 6.61 Å². The molecule has 0 aliphatic rings. The zero-order chi connectivity index (χ0) is 10.9. The van der Waals surface area contributed by atoms with Crippen LogP contribution in [0.3, 0.4) is 0 Å². The molecule has 0 radical (unpaired) electrons. The molecule has 2 N–H and O–H groups in total. The summed E-state index contributed by atoms with van der Waals surface area (Å²) in [5.41, 5.74) is 5.89. The van der Waals surface area contributed by atoms with Gasteiger partial charge in [-0.05, 0) is 12.1 Å². The first-order chi connectivity index (χ1) is 7.33. The molecule has 0 aliphatic carbocycles. The van der Waals surface area contributed by atoms with Crippen molar-refractivity contribution in [2.24, 2.45) is 0 Å². The third-order valence-corrected chi connectivity index (χ3v) is 1.60. The third kappa shape index (κ3) is 4.87. The molecule has 0 saturated carbocycles. The van der Waals surface area contributed by atoms with Crippen LogP contribution in [0, 0.1) is 0 Å². The van der Waals surface area contributed by atoms with Crippen molar-refractivity contribution in [1.29, 1.82) is 0 Å². The Kier molecular flexibility index (Phi) is 5.03. The summed E-state index contributed by atoms with van der Waals surface area (Å²) in [6.45, 7) is 0.623. The standard InChI is InChI=1S/C10H14N2O3/c1-14-7-8-15-10(13)12-11-9-5-3-2-4-6-9/h2-6,11H,7-8H2,1H3,(H,12,13). The lowest BCUT2D eigenvalue weighted by molar-refractivity contribution is 0.0998. The molecule has 1 aromatic carbocycles. The summed E-state index contributed by atoms with van der Waals surface area (Å²) >= 11 is 0. The van der Waals surface area contributed by atoms with Gasteiger partial charge in [-0.3, -0.25) is 5.43 Å². The highest BCUT2D eigenvalue weighted by Gasteiger charge is 1.99. The Morgan fingerprint density at radius 3 is 2.67 bits per heavy atom. The predicted molar refractivity (Wildman–Crippen MR) is 56.4 cm³/mol. The maximum Gasteiger partial charge on any atom is 0.426 e. The Morgan fingerprint density at radius 2 is 2.00 bits per heavy atom. The summed E-state index contributed by atoms with van der Waals surface area (Å²) in [5.74, 6) is 0. The second-order valence-corrected chi connectivity index (χ2v) is 2.74. The molecule has 0 spiro atoms. The van der Waals surface area contributed by atoms with Crippen LogP contribution in [0.2, 0.25) is 0 Å². The molecule has 82 valence electrons. The number of hydrazine groups is 1. The predicted octanol–water partition coefficient (Wildman–Crippen LogP) is 1.39. The van der Waals surface area contributed by atoms with Gasteiger partial charge >= 0.3 is 6.09 Å². The van der Waals surface area contributed by atoms with E-state index < -0.39 is 6.09 Å². The van der Waals surface area contributed by atoms with E-state index in [1.165, 1.54) is 0 Å². The molecule has 0 atom stereocenters. The SMILES string of the molecule is COCCOC(=O)NNc1ccccc1. The molecule has 1 amide bonds. The van der Waals surface area contributed by atoms with Gasteiger partial charge in [-0.1, -0.05) is 18.2 Å². The minimum Gasteiger partial charge on any atom is -0.446 e. The lowest BCUT2D eigenvalue weighted by Gasteiger charge is -2.08. The van der Waals surface area contributed by atoms with Gasteiger partial charge in [0.25, 0.3) is 0 Å². The third-order valence-electron chi connectivity index (χ3n) is 1.60. The molecule has 5 nitrogen and oxygen atoms in total. The van der Waals surface area contributed by atoms with E-state index in [2.05, 4.69) is 10.9 Å². The molecule has 0 bridgehead atoms. The van der Waals surface area contributed by atoms with Crippen molar-refractivity contribution in [1.82, 2.24) is 5.43 Å². The molecule has 0 saturated heterocycles. The molecular formula is C10H14N2O3. The number of hydrogen-bond donors (Lipinski definition) is 2. The number of hydrogen-bond acceptors (Lipinski definition) is 4. The second kappa shape index (κ2) is 6.67. The minimum atomic E-state index is -0.532. The average Bonchev–Trinajstić information content (AvgIpc) is 2.28. The van der Waals surface area contributed by atoms with Crippen LogP contribution in [0.4, 0.5) is 10.5 Å². The van der Waals surface area contributed by atoms with E-state index in [9.17, 15) is 4.79 Å². The lowest BCUT2D eigenvalue weighted by Crippen LogP contribution is -2.30. The van der Waals surface area contributed by atoms with E-state index in [1.807, 2.05) is 30.3 Å². The van der Waals surface area contributed by atoms with Gasteiger partial charge in [-0.25, -0.2) is 10.2 Å². The van der Waals surface area contributed by atoms with Crippen LogP contribution in [0.15, 0.2) is 30.3 Å². The fraction of sp³-hybridized carbons (Fsp3) is 0.300. The molecule has 0 aromatic heterocycles. The van der Waals surface area contributed by atoms with Crippen LogP contribution < -0.4 is 10.9 Å². The molecule has 0 aliphatic heterocycles. The van der Waals surface area contributed by atoms with Crippen molar-refractivity contribution in [2.45, 2.75) is 0 Å². The van der Waals surface area contributed by atoms with Crippen LogP contribution >= 0.6 is 0 Å². The number of ether oxygens (including phenoxy) is 2. The molecule has 1 rings (SSSR count). The fourth-order valence-corrected chi connectivity index (χ4v) is 0.898. The van der Waals surface area contributed by atoms with Gasteiger partial charge in [0, 0.05) is 7.11 Å². The number of anilines is 1. The number of benzene rings is 1. The number of carbonyl (C=O) groups is 1. The molecule has 0 heterocycles. The first-order valence-corrected chi connectivity index (χ1v) is 4.55. The largest absolute Gasteiger partial charge is 0.446 e. The summed E-state index contributed by atoms with van der Waals surface area (Å²) < 4.78 is 9.50.